The van der Waals surface area contributed by atoms with Crippen molar-refractivity contribution >= 4 is 11.6 Å². The van der Waals surface area contributed by atoms with Crippen molar-refractivity contribution in [3.63, 3.8) is 0 Å². The minimum absolute atomic E-state index is 0.0579. The Kier molecular flexibility index (Phi) is 5.55. The molecule has 32 heavy (non-hydrogen) atoms. The van der Waals surface area contributed by atoms with E-state index in [1.54, 1.807) is 17.0 Å². The summed E-state index contributed by atoms with van der Waals surface area (Å²) in [4.78, 5) is 34.2. The third-order valence-corrected chi connectivity index (χ3v) is 6.68. The van der Waals surface area contributed by atoms with Crippen LogP contribution >= 0.6 is 0 Å². The molecule has 0 unspecified atom stereocenters. The number of amides is 1. The molecule has 1 fully saturated rings. The molecule has 1 atom stereocenters. The summed E-state index contributed by atoms with van der Waals surface area (Å²) in [5.41, 5.74) is 3.78. The number of hydrogen-bond acceptors (Lipinski definition) is 4. The highest BCUT2D eigenvalue weighted by atomic mass is 19.1. The number of carbonyl (C=O) groups is 1. The summed E-state index contributed by atoms with van der Waals surface area (Å²) in [6, 6.07) is 8.82. The fourth-order valence-corrected chi connectivity index (χ4v) is 5.01. The van der Waals surface area contributed by atoms with Crippen molar-refractivity contribution in [3.8, 4) is 0 Å². The van der Waals surface area contributed by atoms with Crippen molar-refractivity contribution < 1.29 is 9.18 Å². The number of nitrogens with one attached hydrogen (secondary N) is 1. The Bertz CT molecular complexity index is 1220. The summed E-state index contributed by atoms with van der Waals surface area (Å²) in [5, 5.41) is 3.29. The molecular weight excluding hydrogens is 409 g/mol. The van der Waals surface area contributed by atoms with Gasteiger partial charge >= 0.3 is 0 Å². The lowest BCUT2D eigenvalue weighted by molar-refractivity contribution is -0.131. The molecule has 4 heterocycles. The number of likely N-dealkylation sites (tertiary alicyclic amines) is 1. The average Bonchev–Trinajstić information content (AvgIpc) is 3.23. The molecule has 1 N–H and O–H groups in total. The van der Waals surface area contributed by atoms with E-state index in [2.05, 4.69) is 10.00 Å². The molecule has 3 aromatic rings. The Morgan fingerprint density at radius 2 is 2.12 bits per heavy atom. The van der Waals surface area contributed by atoms with Crippen LogP contribution in [-0.4, -0.2) is 43.4 Å². The van der Waals surface area contributed by atoms with E-state index >= 15 is 0 Å². The second-order valence-corrected chi connectivity index (χ2v) is 8.78. The summed E-state index contributed by atoms with van der Waals surface area (Å²) in [6.07, 6.45) is 4.20. The van der Waals surface area contributed by atoms with Crippen LogP contribution < -0.4 is 5.56 Å². The fraction of sp³-hybridized carbons (Fsp3) is 0.458. The van der Waals surface area contributed by atoms with E-state index in [-0.39, 0.29) is 23.3 Å². The molecule has 0 aliphatic carbocycles. The predicted molar refractivity (Wildman–Crippen MR) is 119 cm³/mol. The quantitative estimate of drug-likeness (QED) is 0.680. The minimum atomic E-state index is -0.224. The van der Waals surface area contributed by atoms with Gasteiger partial charge in [0, 0.05) is 32.0 Å². The van der Waals surface area contributed by atoms with Gasteiger partial charge < -0.3 is 4.90 Å². The van der Waals surface area contributed by atoms with Gasteiger partial charge in [-0.05, 0) is 37.1 Å². The predicted octanol–water partition coefficient (Wildman–Crippen LogP) is 3.18. The molecule has 2 aliphatic rings. The Hall–Kier alpha value is -3.00. The van der Waals surface area contributed by atoms with Crippen LogP contribution in [0.5, 0.6) is 0 Å². The highest BCUT2D eigenvalue weighted by Crippen LogP contribution is 2.32. The third-order valence-electron chi connectivity index (χ3n) is 6.68. The van der Waals surface area contributed by atoms with Gasteiger partial charge in [0.2, 0.25) is 5.91 Å². The van der Waals surface area contributed by atoms with Crippen LogP contribution in [-0.2, 0) is 24.3 Å². The van der Waals surface area contributed by atoms with Crippen molar-refractivity contribution in [2.75, 3.05) is 13.1 Å². The zero-order valence-electron chi connectivity index (χ0n) is 18.3. The van der Waals surface area contributed by atoms with Crippen LogP contribution in [0.25, 0.3) is 5.65 Å². The van der Waals surface area contributed by atoms with Gasteiger partial charge in [0.1, 0.15) is 5.82 Å². The van der Waals surface area contributed by atoms with E-state index in [4.69, 9.17) is 4.98 Å². The number of aromatic nitrogens is 3. The lowest BCUT2D eigenvalue weighted by atomic mass is 9.98. The molecule has 0 bridgehead atoms. The first-order valence-electron chi connectivity index (χ1n) is 11.4. The number of nitrogens with zero attached hydrogens (tertiary/aromatic N) is 4. The standard InChI is InChI=1S/C24H28FN5O2/c1-2-23(31)29-11-9-19-18(15-29)24(32)30-22(26-19)13-20(27-30)21-8-3-4-10-28(21)14-16-6-5-7-17(25)12-16/h5-7,12-13,21,27H,2-4,8-11,14-15H2,1H3/t21-/m0/s1. The van der Waals surface area contributed by atoms with E-state index in [0.29, 0.717) is 43.7 Å². The summed E-state index contributed by atoms with van der Waals surface area (Å²) >= 11 is 0. The van der Waals surface area contributed by atoms with Crippen molar-refractivity contribution in [1.29, 1.82) is 0 Å². The summed E-state index contributed by atoms with van der Waals surface area (Å²) < 4.78 is 15.2. The molecule has 2 aliphatic heterocycles. The van der Waals surface area contributed by atoms with Crippen molar-refractivity contribution in [3.05, 3.63) is 69.0 Å². The molecule has 0 saturated carbocycles. The van der Waals surface area contributed by atoms with Crippen LogP contribution in [0.1, 0.15) is 61.2 Å². The van der Waals surface area contributed by atoms with Crippen LogP contribution in [0, 0.1) is 5.82 Å². The molecule has 5 rings (SSSR count). The normalized spacial score (nSPS) is 19.3. The number of hydrogen-bond donors (Lipinski definition) is 1. The Balaban J connectivity index is 1.47. The lowest BCUT2D eigenvalue weighted by Gasteiger charge is -2.35. The second-order valence-electron chi connectivity index (χ2n) is 8.78. The van der Waals surface area contributed by atoms with E-state index in [1.165, 1.54) is 10.6 Å². The minimum Gasteiger partial charge on any atom is -0.338 e. The number of piperidine rings is 1. The van der Waals surface area contributed by atoms with Gasteiger partial charge in [-0.2, -0.15) is 0 Å². The molecule has 0 radical (unpaired) electrons. The van der Waals surface area contributed by atoms with Crippen LogP contribution in [0.4, 0.5) is 4.39 Å². The summed E-state index contributed by atoms with van der Waals surface area (Å²) in [5.74, 6) is -0.166. The number of rotatable bonds is 4. The Labute approximate surface area is 185 Å². The largest absolute Gasteiger partial charge is 0.338 e. The van der Waals surface area contributed by atoms with E-state index < -0.39 is 0 Å². The number of fused-ring (bicyclic) bond motifs is 2. The zero-order valence-corrected chi connectivity index (χ0v) is 18.3. The average molecular weight is 438 g/mol. The molecule has 168 valence electrons. The topological polar surface area (TPSA) is 73.7 Å². The van der Waals surface area contributed by atoms with Crippen LogP contribution in [0.3, 0.4) is 0 Å². The third kappa shape index (κ3) is 3.83. The van der Waals surface area contributed by atoms with Crippen molar-refractivity contribution in [2.45, 2.75) is 58.2 Å². The first-order chi connectivity index (χ1) is 15.5. The Morgan fingerprint density at radius 3 is 2.94 bits per heavy atom. The number of halogens is 1. The van der Waals surface area contributed by atoms with Gasteiger partial charge in [-0.15, -0.1) is 0 Å². The van der Waals surface area contributed by atoms with Crippen LogP contribution in [0.15, 0.2) is 35.1 Å². The highest BCUT2D eigenvalue weighted by molar-refractivity contribution is 5.76. The van der Waals surface area contributed by atoms with Crippen molar-refractivity contribution in [2.24, 2.45) is 0 Å². The van der Waals surface area contributed by atoms with Gasteiger partial charge in [-0.3, -0.25) is 19.6 Å². The first kappa shape index (κ1) is 20.9. The van der Waals surface area contributed by atoms with E-state index in [1.807, 2.05) is 19.1 Å². The maximum Gasteiger partial charge on any atom is 0.277 e. The van der Waals surface area contributed by atoms with E-state index in [0.717, 1.165) is 42.8 Å². The lowest BCUT2D eigenvalue weighted by Crippen LogP contribution is -2.40. The summed E-state index contributed by atoms with van der Waals surface area (Å²) in [7, 11) is 0. The maximum absolute atomic E-state index is 13.7. The molecule has 2 aromatic heterocycles. The maximum atomic E-state index is 13.7. The molecule has 1 amide bonds. The fourth-order valence-electron chi connectivity index (χ4n) is 5.01. The monoisotopic (exact) mass is 437 g/mol. The molecule has 1 saturated heterocycles. The highest BCUT2D eigenvalue weighted by Gasteiger charge is 2.28. The van der Waals surface area contributed by atoms with Gasteiger partial charge in [0.25, 0.3) is 5.56 Å². The number of benzene rings is 1. The molecular formula is C24H28FN5O2. The van der Waals surface area contributed by atoms with Gasteiger partial charge in [-0.1, -0.05) is 25.5 Å². The number of aromatic amines is 1. The number of carbonyl (C=O) groups excluding carboxylic acids is 1. The smallest absolute Gasteiger partial charge is 0.277 e. The number of H-pyrrole nitrogens is 1. The zero-order chi connectivity index (χ0) is 22.2. The molecule has 7 nitrogen and oxygen atoms in total. The molecule has 1 aromatic carbocycles. The first-order valence-corrected chi connectivity index (χ1v) is 11.4. The summed E-state index contributed by atoms with van der Waals surface area (Å²) in [6.45, 7) is 4.33. The Morgan fingerprint density at radius 1 is 1.25 bits per heavy atom. The van der Waals surface area contributed by atoms with Crippen LogP contribution in [0.2, 0.25) is 0 Å². The second kappa shape index (κ2) is 8.50. The van der Waals surface area contributed by atoms with E-state index in [9.17, 15) is 14.0 Å². The molecule has 8 heteroatoms. The van der Waals surface area contributed by atoms with Crippen molar-refractivity contribution in [1.82, 2.24) is 24.4 Å². The molecule has 0 spiro atoms. The van der Waals surface area contributed by atoms with Gasteiger partial charge in [0.15, 0.2) is 5.65 Å². The SMILES string of the molecule is CCC(=O)N1CCc2nc3cc([C@@H]4CCCCN4Cc4cccc(F)c4)[nH]n3c(=O)c2C1. The van der Waals surface area contributed by atoms with Gasteiger partial charge in [-0.25, -0.2) is 13.9 Å². The van der Waals surface area contributed by atoms with Gasteiger partial charge in [0.05, 0.1) is 29.5 Å².